The minimum absolute atomic E-state index is 0.0564. The van der Waals surface area contributed by atoms with Crippen molar-refractivity contribution < 1.29 is 0 Å². The summed E-state index contributed by atoms with van der Waals surface area (Å²) >= 11 is 3.72. The molecule has 0 bridgehead atoms. The fourth-order valence-electron chi connectivity index (χ4n) is 19.7. The van der Waals surface area contributed by atoms with E-state index in [4.69, 9.17) is 0 Å². The fourth-order valence-corrected chi connectivity index (χ4v) is 20.1. The van der Waals surface area contributed by atoms with E-state index in [9.17, 15) is 0 Å². The van der Waals surface area contributed by atoms with Gasteiger partial charge in [0.25, 0.3) is 0 Å². The molecule has 0 atom stereocenters. The average Bonchev–Trinajstić information content (AvgIpc) is 1.51. The summed E-state index contributed by atoms with van der Waals surface area (Å²) < 4.78 is 1.13. The minimum atomic E-state index is -0.415. The summed E-state index contributed by atoms with van der Waals surface area (Å²) in [6.45, 7) is 9.43. The van der Waals surface area contributed by atoms with Crippen molar-refractivity contribution in [3.05, 3.63) is 458 Å². The third-order valence-corrected chi connectivity index (χ3v) is 24.9. The molecule has 0 aromatic heterocycles. The molecule has 0 amide bonds. The highest BCUT2D eigenvalue weighted by Crippen LogP contribution is 2.66. The molecule has 1 nitrogen and oxygen atoms in total. The predicted octanol–water partition coefficient (Wildman–Crippen LogP) is 27.5. The number of hydrogen-bond donors (Lipinski definition) is 0. The smallest absolute Gasteiger partial charge is 0.0726 e. The van der Waals surface area contributed by atoms with Crippen LogP contribution < -0.4 is 4.90 Å². The van der Waals surface area contributed by atoms with Crippen molar-refractivity contribution in [3.63, 3.8) is 0 Å². The summed E-state index contributed by atoms with van der Waals surface area (Å²) in [6.07, 6.45) is 0.949. The number of fused-ring (bicyclic) bond motifs is 26. The van der Waals surface area contributed by atoms with Gasteiger partial charge in [0.05, 0.1) is 16.5 Å². The van der Waals surface area contributed by atoms with Crippen LogP contribution in [-0.4, -0.2) is 0 Å². The molecule has 2 heteroatoms. The lowest BCUT2D eigenvalue weighted by Gasteiger charge is -2.33. The topological polar surface area (TPSA) is 3.24 Å². The Labute approximate surface area is 636 Å². The highest BCUT2D eigenvalue weighted by Gasteiger charge is 2.53. The normalized spacial score (nSPS) is 14.4. The van der Waals surface area contributed by atoms with Crippen LogP contribution in [-0.2, 0) is 28.1 Å². The summed E-state index contributed by atoms with van der Waals surface area (Å²) in [7, 11) is 0. The van der Waals surface area contributed by atoms with Crippen molar-refractivity contribution in [2.45, 2.75) is 55.8 Å². The van der Waals surface area contributed by atoms with Gasteiger partial charge in [-0.2, -0.15) is 0 Å². The van der Waals surface area contributed by atoms with Gasteiger partial charge in [-0.15, -0.1) is 0 Å². The van der Waals surface area contributed by atoms with Crippen molar-refractivity contribution in [1.29, 1.82) is 0 Å². The van der Waals surface area contributed by atoms with Gasteiger partial charge in [-0.25, -0.2) is 0 Å². The van der Waals surface area contributed by atoms with Crippen molar-refractivity contribution in [1.82, 2.24) is 0 Å². The number of anilines is 3. The molecule has 0 radical (unpaired) electrons. The molecule has 6 aliphatic rings. The summed E-state index contributed by atoms with van der Waals surface area (Å²) in [5, 5.41) is 0. The summed E-state index contributed by atoms with van der Waals surface area (Å²) in [4.78, 5) is 2.51. The van der Waals surface area contributed by atoms with Crippen molar-refractivity contribution >= 4 is 33.0 Å². The van der Waals surface area contributed by atoms with E-state index < -0.39 is 5.41 Å². The maximum absolute atomic E-state index is 3.72. The van der Waals surface area contributed by atoms with Gasteiger partial charge in [0.15, 0.2) is 0 Å². The summed E-state index contributed by atoms with van der Waals surface area (Å²) in [5.74, 6) is 0. The van der Waals surface area contributed by atoms with Gasteiger partial charge in [0.1, 0.15) is 0 Å². The van der Waals surface area contributed by atoms with E-state index in [0.29, 0.717) is 0 Å². The molecule has 0 saturated heterocycles. The highest BCUT2D eigenvalue weighted by atomic mass is 79.9. The van der Waals surface area contributed by atoms with E-state index in [-0.39, 0.29) is 16.2 Å². The molecule has 0 aliphatic heterocycles. The zero-order valence-corrected chi connectivity index (χ0v) is 61.9. The average molecular weight is 1430 g/mol. The van der Waals surface area contributed by atoms with Crippen LogP contribution in [0.1, 0.15) is 106 Å². The molecule has 107 heavy (non-hydrogen) atoms. The second-order valence-electron chi connectivity index (χ2n) is 30.6. The number of rotatable bonds is 7. The van der Waals surface area contributed by atoms with E-state index in [2.05, 4.69) is 425 Å². The molecular weight excluding hydrogens is 1360 g/mol. The molecule has 508 valence electrons. The molecule has 2 spiro atoms. The Morgan fingerprint density at radius 2 is 0.514 bits per heavy atom. The van der Waals surface area contributed by atoms with Gasteiger partial charge in [0.2, 0.25) is 0 Å². The number of nitrogens with zero attached hydrogens (tertiary/aromatic N) is 1. The number of hydrogen-bond acceptors (Lipinski definition) is 1. The first-order valence-corrected chi connectivity index (χ1v) is 38.4. The molecule has 16 aromatic rings. The summed E-state index contributed by atoms with van der Waals surface area (Å²) in [5.41, 5.74) is 43.2. The zero-order valence-electron chi connectivity index (χ0n) is 60.3. The Hall–Kier alpha value is -12.2. The van der Waals surface area contributed by atoms with Crippen LogP contribution >= 0.6 is 15.9 Å². The van der Waals surface area contributed by atoms with E-state index in [1.54, 1.807) is 0 Å². The Morgan fingerprint density at radius 3 is 0.953 bits per heavy atom. The first-order valence-electron chi connectivity index (χ1n) is 37.6. The molecule has 0 heterocycles. The quantitative estimate of drug-likeness (QED) is 0.154. The molecule has 0 saturated carbocycles. The minimum Gasteiger partial charge on any atom is -0.310 e. The second-order valence-corrected chi connectivity index (χ2v) is 31.5. The second kappa shape index (κ2) is 25.0. The van der Waals surface area contributed by atoms with Crippen LogP contribution in [0.3, 0.4) is 0 Å². The highest BCUT2D eigenvalue weighted by molar-refractivity contribution is 9.10. The third-order valence-electron chi connectivity index (χ3n) is 24.4. The maximum Gasteiger partial charge on any atom is 0.0726 e. The molecule has 22 rings (SSSR count). The maximum atomic E-state index is 3.72. The Kier molecular flexibility index (Phi) is 15.0. The molecule has 6 aliphatic carbocycles. The van der Waals surface area contributed by atoms with Gasteiger partial charge in [-0.05, 0) is 210 Å². The number of para-hydroxylation sites is 1. The van der Waals surface area contributed by atoms with E-state index in [1.807, 2.05) is 0 Å². The molecular formula is C105H76BrN. The zero-order chi connectivity index (χ0) is 71.8. The first kappa shape index (κ1) is 64.4. The first-order chi connectivity index (χ1) is 52.5. The van der Waals surface area contributed by atoms with Gasteiger partial charge < -0.3 is 4.90 Å². The number of halogens is 1. The van der Waals surface area contributed by atoms with Gasteiger partial charge >= 0.3 is 0 Å². The van der Waals surface area contributed by atoms with Crippen molar-refractivity contribution in [2.75, 3.05) is 4.90 Å². The van der Waals surface area contributed by atoms with Crippen LogP contribution in [0, 0.1) is 0 Å². The fraction of sp³-hybridized carbons (Fsp3) is 0.0857. The molecule has 16 aromatic carbocycles. The Bertz CT molecular complexity index is 6140. The van der Waals surface area contributed by atoms with E-state index in [1.165, 1.54) is 167 Å². The SMILES string of the molecule is Brc1ccc2c(c1)C1(c3ccccc3-c3ccccc31)c1ccccc1-2.CC1(C)c2ccccc2-c2ccc(Cc3ccccc3-c3ccccc3)cc21.CC1(C)c2ccccc2-c2ccc(N(c3ccc4c(c3)C3(c5ccccc5-c5ccccc53)c3ccccc3-4)c3ccccc3-c3ccccc3)cc21. The van der Waals surface area contributed by atoms with Crippen LogP contribution in [0.25, 0.3) is 89.0 Å². The monoisotopic (exact) mass is 1430 g/mol. The van der Waals surface area contributed by atoms with Gasteiger partial charge in [0, 0.05) is 32.2 Å². The summed E-state index contributed by atoms with van der Waals surface area (Å²) in [6, 6.07) is 139. The van der Waals surface area contributed by atoms with E-state index in [0.717, 1.165) is 28.0 Å². The molecule has 0 fully saturated rings. The van der Waals surface area contributed by atoms with Crippen LogP contribution in [0.5, 0.6) is 0 Å². The van der Waals surface area contributed by atoms with Crippen LogP contribution in [0.4, 0.5) is 17.1 Å². The lowest BCUT2D eigenvalue weighted by atomic mass is 9.70. The molecule has 0 unspecified atom stereocenters. The Balaban J connectivity index is 0.000000117. The van der Waals surface area contributed by atoms with Crippen molar-refractivity contribution in [2.24, 2.45) is 0 Å². The van der Waals surface area contributed by atoms with Crippen LogP contribution in [0.15, 0.2) is 381 Å². The molecule has 0 N–H and O–H groups in total. The number of benzene rings is 16. The predicted molar refractivity (Wildman–Crippen MR) is 450 cm³/mol. The standard InChI is InChI=1S/C52H37N.C28H24.C25H15Br/c1-51(2)44-23-11-6-19-38(44)42-30-28-35(32-48(42)51)53(50-27-15-10-18-37(50)34-16-4-3-5-17-34)36-29-31-43-41-22-9-14-26-47(41)52(49(43)33-36)45-24-12-7-20-39(45)40-21-8-13-25-46(40)52;1-28(2)26-15-9-8-14-24(26)25-17-16-20(19-27(25)28)18-22-12-6-7-13-23(22)21-10-4-3-5-11-21;26-16-13-14-20-19-9-3-6-12-23(19)25(24(20)15-16)21-10-4-1-7-17(21)18-8-2-5-11-22(18)25/h3-33H,1-2H3;3-17,19H,18H2,1-2H3;1-15H. The largest absolute Gasteiger partial charge is 0.310 e. The lowest BCUT2D eigenvalue weighted by molar-refractivity contribution is 0.659. The van der Waals surface area contributed by atoms with Gasteiger partial charge in [-0.3, -0.25) is 0 Å². The Morgan fingerprint density at radius 1 is 0.224 bits per heavy atom. The lowest BCUT2D eigenvalue weighted by Crippen LogP contribution is -2.26. The van der Waals surface area contributed by atoms with Gasteiger partial charge in [-0.1, -0.05) is 377 Å². The van der Waals surface area contributed by atoms with Crippen molar-refractivity contribution in [3.8, 4) is 89.0 Å². The van der Waals surface area contributed by atoms with Crippen LogP contribution in [0.2, 0.25) is 0 Å². The van der Waals surface area contributed by atoms with E-state index >= 15 is 0 Å². The third kappa shape index (κ3) is 9.68.